The van der Waals surface area contributed by atoms with E-state index in [9.17, 15) is 5.11 Å². The lowest BCUT2D eigenvalue weighted by Gasteiger charge is -2.34. The monoisotopic (exact) mass is 265 g/mol. The number of nitrogens with zero attached hydrogens (tertiary/aromatic N) is 1. The summed E-state index contributed by atoms with van der Waals surface area (Å²) >= 11 is 0. The summed E-state index contributed by atoms with van der Waals surface area (Å²) in [6.07, 6.45) is 15.1. The summed E-state index contributed by atoms with van der Waals surface area (Å²) in [4.78, 5) is 2.65. The maximum absolute atomic E-state index is 10.6. The standard InChI is InChI=1S/C17H31NO/c19-17(15-9-2-1-3-10-15)13-18-12-6-11-16(18)14-7-4-5-8-14/h14-17,19H,1-13H2. The van der Waals surface area contributed by atoms with Crippen molar-refractivity contribution in [2.75, 3.05) is 13.1 Å². The minimum atomic E-state index is -0.0534. The Balaban J connectivity index is 1.52. The number of rotatable bonds is 4. The molecule has 2 atom stereocenters. The summed E-state index contributed by atoms with van der Waals surface area (Å²) < 4.78 is 0. The number of aliphatic hydroxyl groups excluding tert-OH is 1. The van der Waals surface area contributed by atoms with E-state index in [1.165, 1.54) is 77.2 Å². The van der Waals surface area contributed by atoms with Crippen LogP contribution in [-0.2, 0) is 0 Å². The second-order valence-corrected chi connectivity index (χ2v) is 7.21. The summed E-state index contributed by atoms with van der Waals surface area (Å²) in [6.45, 7) is 2.21. The van der Waals surface area contributed by atoms with Gasteiger partial charge < -0.3 is 5.11 Å². The van der Waals surface area contributed by atoms with Gasteiger partial charge in [0.25, 0.3) is 0 Å². The molecule has 1 aliphatic heterocycles. The summed E-state index contributed by atoms with van der Waals surface area (Å²) in [6, 6.07) is 0.806. The molecule has 0 aromatic heterocycles. The molecular weight excluding hydrogens is 234 g/mol. The van der Waals surface area contributed by atoms with Crippen LogP contribution in [0.15, 0.2) is 0 Å². The van der Waals surface area contributed by atoms with Crippen molar-refractivity contribution in [3.63, 3.8) is 0 Å². The number of aliphatic hydroxyl groups is 1. The van der Waals surface area contributed by atoms with Gasteiger partial charge in [-0.15, -0.1) is 0 Å². The summed E-state index contributed by atoms with van der Waals surface area (Å²) in [5, 5.41) is 10.6. The third-order valence-electron chi connectivity index (χ3n) is 5.97. The molecule has 2 unspecified atom stereocenters. The van der Waals surface area contributed by atoms with Gasteiger partial charge in [-0.2, -0.15) is 0 Å². The predicted molar refractivity (Wildman–Crippen MR) is 79.1 cm³/mol. The topological polar surface area (TPSA) is 23.5 Å². The molecule has 3 aliphatic rings. The molecule has 2 aliphatic carbocycles. The SMILES string of the molecule is OC(CN1CCCC1C1CCCC1)C1CCCCC1. The molecule has 19 heavy (non-hydrogen) atoms. The van der Waals surface area contributed by atoms with Crippen molar-refractivity contribution in [1.82, 2.24) is 4.90 Å². The van der Waals surface area contributed by atoms with Crippen molar-refractivity contribution in [3.8, 4) is 0 Å². The molecular formula is C17H31NO. The van der Waals surface area contributed by atoms with Crippen LogP contribution in [0.2, 0.25) is 0 Å². The van der Waals surface area contributed by atoms with E-state index in [0.29, 0.717) is 5.92 Å². The maximum Gasteiger partial charge on any atom is 0.0695 e. The van der Waals surface area contributed by atoms with E-state index in [4.69, 9.17) is 0 Å². The Hall–Kier alpha value is -0.0800. The van der Waals surface area contributed by atoms with Crippen molar-refractivity contribution in [3.05, 3.63) is 0 Å². The Kier molecular flexibility index (Phi) is 4.81. The van der Waals surface area contributed by atoms with Crippen LogP contribution in [-0.4, -0.2) is 35.2 Å². The molecule has 1 N–H and O–H groups in total. The molecule has 1 heterocycles. The molecule has 2 saturated carbocycles. The average molecular weight is 265 g/mol. The Morgan fingerprint density at radius 2 is 1.53 bits per heavy atom. The summed E-state index contributed by atoms with van der Waals surface area (Å²) in [7, 11) is 0. The summed E-state index contributed by atoms with van der Waals surface area (Å²) in [5.41, 5.74) is 0. The van der Waals surface area contributed by atoms with Crippen LogP contribution in [0.5, 0.6) is 0 Å². The van der Waals surface area contributed by atoms with Gasteiger partial charge >= 0.3 is 0 Å². The van der Waals surface area contributed by atoms with Crippen molar-refractivity contribution >= 4 is 0 Å². The van der Waals surface area contributed by atoms with Gasteiger partial charge in [0.15, 0.2) is 0 Å². The van der Waals surface area contributed by atoms with Gasteiger partial charge in [0.2, 0.25) is 0 Å². The van der Waals surface area contributed by atoms with Crippen LogP contribution in [0, 0.1) is 11.8 Å². The van der Waals surface area contributed by atoms with Crippen molar-refractivity contribution in [2.45, 2.75) is 82.8 Å². The van der Waals surface area contributed by atoms with E-state index < -0.39 is 0 Å². The molecule has 0 spiro atoms. The zero-order chi connectivity index (χ0) is 13.1. The number of hydrogen-bond acceptors (Lipinski definition) is 2. The van der Waals surface area contributed by atoms with E-state index in [-0.39, 0.29) is 6.10 Å². The fraction of sp³-hybridized carbons (Fsp3) is 1.00. The lowest BCUT2D eigenvalue weighted by molar-refractivity contribution is 0.0358. The molecule has 0 aromatic carbocycles. The maximum atomic E-state index is 10.6. The van der Waals surface area contributed by atoms with Crippen molar-refractivity contribution in [2.24, 2.45) is 11.8 Å². The van der Waals surface area contributed by atoms with Crippen LogP contribution in [0.3, 0.4) is 0 Å². The molecule has 2 heteroatoms. The van der Waals surface area contributed by atoms with E-state index in [1.807, 2.05) is 0 Å². The van der Waals surface area contributed by atoms with Crippen LogP contribution in [0.25, 0.3) is 0 Å². The molecule has 0 amide bonds. The number of β-amino-alcohol motifs (C(OH)–C–C–N with tert-alkyl or cyclic N) is 1. The highest BCUT2D eigenvalue weighted by molar-refractivity contribution is 4.89. The normalized spacial score (nSPS) is 33.0. The fourth-order valence-corrected chi connectivity index (χ4v) is 4.86. The first-order chi connectivity index (χ1) is 9.34. The fourth-order valence-electron chi connectivity index (χ4n) is 4.86. The van der Waals surface area contributed by atoms with E-state index in [1.54, 1.807) is 0 Å². The van der Waals surface area contributed by atoms with Gasteiger partial charge in [0.05, 0.1) is 6.10 Å². The Morgan fingerprint density at radius 3 is 2.26 bits per heavy atom. The molecule has 0 radical (unpaired) electrons. The minimum Gasteiger partial charge on any atom is -0.392 e. The molecule has 1 saturated heterocycles. The second kappa shape index (κ2) is 6.58. The number of hydrogen-bond donors (Lipinski definition) is 1. The van der Waals surface area contributed by atoms with Gasteiger partial charge in [0, 0.05) is 12.6 Å². The zero-order valence-corrected chi connectivity index (χ0v) is 12.4. The van der Waals surface area contributed by atoms with Crippen molar-refractivity contribution < 1.29 is 5.11 Å². The molecule has 0 bridgehead atoms. The highest BCUT2D eigenvalue weighted by Crippen LogP contribution is 2.36. The van der Waals surface area contributed by atoms with Crippen LogP contribution in [0.4, 0.5) is 0 Å². The summed E-state index contributed by atoms with van der Waals surface area (Å²) in [5.74, 6) is 1.54. The molecule has 0 aromatic rings. The van der Waals surface area contributed by atoms with E-state index >= 15 is 0 Å². The van der Waals surface area contributed by atoms with Gasteiger partial charge in [-0.3, -0.25) is 4.90 Å². The predicted octanol–water partition coefficient (Wildman–Crippen LogP) is 3.58. The molecule has 3 fully saturated rings. The first kappa shape index (κ1) is 13.9. The molecule has 2 nitrogen and oxygen atoms in total. The smallest absolute Gasteiger partial charge is 0.0695 e. The highest BCUT2D eigenvalue weighted by atomic mass is 16.3. The Morgan fingerprint density at radius 1 is 0.842 bits per heavy atom. The van der Waals surface area contributed by atoms with E-state index in [2.05, 4.69) is 4.90 Å². The largest absolute Gasteiger partial charge is 0.392 e. The highest BCUT2D eigenvalue weighted by Gasteiger charge is 2.35. The zero-order valence-electron chi connectivity index (χ0n) is 12.4. The second-order valence-electron chi connectivity index (χ2n) is 7.21. The first-order valence-electron chi connectivity index (χ1n) is 8.77. The quantitative estimate of drug-likeness (QED) is 0.840. The van der Waals surface area contributed by atoms with Crippen LogP contribution < -0.4 is 0 Å². The average Bonchev–Trinajstić information content (AvgIpc) is 3.10. The van der Waals surface area contributed by atoms with Gasteiger partial charge in [0.1, 0.15) is 0 Å². The molecule has 3 rings (SSSR count). The third kappa shape index (κ3) is 3.33. The third-order valence-corrected chi connectivity index (χ3v) is 5.97. The Bertz CT molecular complexity index is 268. The minimum absolute atomic E-state index is 0.0534. The first-order valence-corrected chi connectivity index (χ1v) is 8.77. The lowest BCUT2D eigenvalue weighted by atomic mass is 9.85. The lowest BCUT2D eigenvalue weighted by Crippen LogP contribution is -2.42. The Labute approximate surface area is 118 Å². The number of likely N-dealkylation sites (tertiary alicyclic amines) is 1. The molecule has 110 valence electrons. The van der Waals surface area contributed by atoms with Crippen molar-refractivity contribution in [1.29, 1.82) is 0 Å². The van der Waals surface area contributed by atoms with Crippen LogP contribution in [0.1, 0.15) is 70.6 Å². The van der Waals surface area contributed by atoms with Gasteiger partial charge in [-0.1, -0.05) is 32.1 Å². The van der Waals surface area contributed by atoms with Gasteiger partial charge in [-0.05, 0) is 56.9 Å². The van der Waals surface area contributed by atoms with E-state index in [0.717, 1.165) is 18.5 Å². The van der Waals surface area contributed by atoms with Crippen LogP contribution >= 0.6 is 0 Å². The van der Waals surface area contributed by atoms with Gasteiger partial charge in [-0.25, -0.2) is 0 Å².